The van der Waals surface area contributed by atoms with Crippen LogP contribution in [0.1, 0.15) is 31.2 Å². The molecule has 10 nitrogen and oxygen atoms in total. The number of hydrogen-bond acceptors (Lipinski definition) is 8. The van der Waals surface area contributed by atoms with Crippen LogP contribution in [0.4, 0.5) is 5.69 Å². The molecule has 5 atom stereocenters. The first-order chi connectivity index (χ1) is 15.3. The van der Waals surface area contributed by atoms with Crippen molar-refractivity contribution in [3.05, 3.63) is 42.5 Å². The van der Waals surface area contributed by atoms with Gasteiger partial charge in [-0.25, -0.2) is 0 Å². The zero-order valence-electron chi connectivity index (χ0n) is 18.0. The SMILES string of the molecule is C=CC(=O)NCCCCCC(=O)Nc1ccc(COC2O[C@H](CO)[C@@H](O)[C@H](O)[C@H]2N)cc1. The summed E-state index contributed by atoms with van der Waals surface area (Å²) in [4.78, 5) is 23.1. The largest absolute Gasteiger partial charge is 0.394 e. The van der Waals surface area contributed by atoms with Gasteiger partial charge in [0.05, 0.1) is 19.3 Å². The minimum absolute atomic E-state index is 0.0895. The summed E-state index contributed by atoms with van der Waals surface area (Å²) in [6.45, 7) is 3.61. The lowest BCUT2D eigenvalue weighted by molar-refractivity contribution is -0.269. The average Bonchev–Trinajstić information content (AvgIpc) is 2.80. The summed E-state index contributed by atoms with van der Waals surface area (Å²) in [6, 6.07) is 6.10. The standard InChI is InChI=1S/C22H33N3O7/c1-2-17(27)24-11-5-3-4-6-18(28)25-15-9-7-14(8-10-15)13-31-22-19(23)21(30)20(29)16(12-26)32-22/h2,7-10,16,19-22,26,29-30H,1,3-6,11-13,23H2,(H,24,27)(H,25,28)/t16-,19-,20-,21-,22?/m1/s1. The number of rotatable bonds is 12. The molecular formula is C22H33N3O7. The summed E-state index contributed by atoms with van der Waals surface area (Å²) < 4.78 is 11.0. The van der Waals surface area contributed by atoms with Crippen molar-refractivity contribution in [2.24, 2.45) is 5.73 Å². The Morgan fingerprint density at radius 2 is 1.88 bits per heavy atom. The molecule has 32 heavy (non-hydrogen) atoms. The molecule has 1 saturated heterocycles. The van der Waals surface area contributed by atoms with Crippen LogP contribution in [0.2, 0.25) is 0 Å². The molecule has 0 aromatic heterocycles. The molecule has 10 heteroatoms. The van der Waals surface area contributed by atoms with Gasteiger partial charge in [0, 0.05) is 18.7 Å². The van der Waals surface area contributed by atoms with Crippen molar-refractivity contribution in [3.8, 4) is 0 Å². The zero-order chi connectivity index (χ0) is 23.5. The predicted octanol–water partition coefficient (Wildman–Crippen LogP) is -0.229. The Morgan fingerprint density at radius 3 is 2.53 bits per heavy atom. The first kappa shape index (κ1) is 25.9. The number of aliphatic hydroxyl groups excluding tert-OH is 3. The van der Waals surface area contributed by atoms with Gasteiger partial charge in [-0.1, -0.05) is 25.1 Å². The lowest BCUT2D eigenvalue weighted by Crippen LogP contribution is -2.62. The van der Waals surface area contributed by atoms with Crippen molar-refractivity contribution in [1.29, 1.82) is 0 Å². The van der Waals surface area contributed by atoms with E-state index in [9.17, 15) is 24.9 Å². The highest BCUT2D eigenvalue weighted by Crippen LogP contribution is 2.22. The molecule has 1 aliphatic rings. The third-order valence-corrected chi connectivity index (χ3v) is 5.15. The number of ether oxygens (including phenoxy) is 2. The molecule has 7 N–H and O–H groups in total. The van der Waals surface area contributed by atoms with E-state index in [0.717, 1.165) is 24.8 Å². The first-order valence-electron chi connectivity index (χ1n) is 10.6. The Kier molecular flexibility index (Phi) is 10.7. The number of hydrogen-bond donors (Lipinski definition) is 6. The fraction of sp³-hybridized carbons (Fsp3) is 0.545. The molecule has 1 aromatic rings. The number of nitrogens with two attached hydrogens (primary N) is 1. The molecule has 1 aliphatic heterocycles. The maximum Gasteiger partial charge on any atom is 0.243 e. The van der Waals surface area contributed by atoms with E-state index in [1.54, 1.807) is 24.3 Å². The highest BCUT2D eigenvalue weighted by atomic mass is 16.7. The van der Waals surface area contributed by atoms with E-state index in [-0.39, 0.29) is 18.4 Å². The molecule has 1 aromatic carbocycles. The van der Waals surface area contributed by atoms with Crippen LogP contribution in [0.15, 0.2) is 36.9 Å². The van der Waals surface area contributed by atoms with E-state index in [1.807, 2.05) is 0 Å². The smallest absolute Gasteiger partial charge is 0.243 e. The minimum Gasteiger partial charge on any atom is -0.394 e. The Morgan fingerprint density at radius 1 is 1.16 bits per heavy atom. The van der Waals surface area contributed by atoms with Crippen LogP contribution in [0.25, 0.3) is 0 Å². The number of carbonyl (C=O) groups excluding carboxylic acids is 2. The second-order valence-electron chi connectivity index (χ2n) is 7.65. The van der Waals surface area contributed by atoms with Gasteiger partial charge in [0.15, 0.2) is 6.29 Å². The maximum atomic E-state index is 12.1. The van der Waals surface area contributed by atoms with Gasteiger partial charge in [-0.2, -0.15) is 0 Å². The van der Waals surface area contributed by atoms with Crippen molar-refractivity contribution in [1.82, 2.24) is 5.32 Å². The van der Waals surface area contributed by atoms with Gasteiger partial charge >= 0.3 is 0 Å². The molecule has 178 valence electrons. The zero-order valence-corrected chi connectivity index (χ0v) is 18.0. The lowest BCUT2D eigenvalue weighted by Gasteiger charge is -2.40. The number of nitrogens with one attached hydrogen (secondary N) is 2. The average molecular weight is 452 g/mol. The summed E-state index contributed by atoms with van der Waals surface area (Å²) in [5, 5.41) is 34.5. The van der Waals surface area contributed by atoms with Crippen molar-refractivity contribution in [3.63, 3.8) is 0 Å². The number of amides is 2. The number of unbranched alkanes of at least 4 members (excludes halogenated alkanes) is 2. The van der Waals surface area contributed by atoms with E-state index >= 15 is 0 Å². The van der Waals surface area contributed by atoms with E-state index < -0.39 is 37.3 Å². The van der Waals surface area contributed by atoms with Gasteiger partial charge < -0.3 is 41.2 Å². The Balaban J connectivity index is 1.70. The maximum absolute atomic E-state index is 12.1. The fourth-order valence-electron chi connectivity index (χ4n) is 3.21. The number of anilines is 1. The van der Waals surface area contributed by atoms with Crippen LogP contribution in [0.3, 0.4) is 0 Å². The topological polar surface area (TPSA) is 163 Å². The lowest BCUT2D eigenvalue weighted by atomic mass is 9.98. The van der Waals surface area contributed by atoms with Crippen LogP contribution >= 0.6 is 0 Å². The van der Waals surface area contributed by atoms with Gasteiger partial charge in [-0.15, -0.1) is 0 Å². The Labute approximate surface area is 187 Å². The normalized spacial score (nSPS) is 25.2. The Bertz CT molecular complexity index is 742. The predicted molar refractivity (Wildman–Crippen MR) is 117 cm³/mol. The minimum atomic E-state index is -1.28. The fourth-order valence-corrected chi connectivity index (χ4v) is 3.21. The molecule has 0 saturated carbocycles. The Hall–Kier alpha value is -2.34. The molecule has 2 rings (SSSR count). The van der Waals surface area contributed by atoms with Crippen molar-refractivity contribution in [2.45, 2.75) is 62.9 Å². The molecule has 1 fully saturated rings. The van der Waals surface area contributed by atoms with Gasteiger partial charge in [0.25, 0.3) is 0 Å². The van der Waals surface area contributed by atoms with E-state index in [1.165, 1.54) is 6.08 Å². The number of aliphatic hydroxyl groups is 3. The van der Waals surface area contributed by atoms with Crippen LogP contribution in [0, 0.1) is 0 Å². The quantitative estimate of drug-likeness (QED) is 0.187. The highest BCUT2D eigenvalue weighted by molar-refractivity contribution is 5.90. The molecule has 0 aliphatic carbocycles. The van der Waals surface area contributed by atoms with Gasteiger partial charge in [0.2, 0.25) is 11.8 Å². The third kappa shape index (κ3) is 7.97. The monoisotopic (exact) mass is 451 g/mol. The second kappa shape index (κ2) is 13.3. The summed E-state index contributed by atoms with van der Waals surface area (Å²) in [6.07, 6.45) is -0.541. The van der Waals surface area contributed by atoms with E-state index in [2.05, 4.69) is 17.2 Å². The molecule has 0 radical (unpaired) electrons. The highest BCUT2D eigenvalue weighted by Gasteiger charge is 2.42. The van der Waals surface area contributed by atoms with Crippen LogP contribution in [-0.4, -0.2) is 70.9 Å². The van der Waals surface area contributed by atoms with Crippen molar-refractivity contribution < 1.29 is 34.4 Å². The molecular weight excluding hydrogens is 418 g/mol. The molecule has 1 unspecified atom stereocenters. The van der Waals surface area contributed by atoms with Gasteiger partial charge in [-0.3, -0.25) is 9.59 Å². The summed E-state index contributed by atoms with van der Waals surface area (Å²) in [5.74, 6) is -0.287. The van der Waals surface area contributed by atoms with Gasteiger partial charge in [0.1, 0.15) is 18.3 Å². The number of benzene rings is 1. The molecule has 1 heterocycles. The summed E-state index contributed by atoms with van der Waals surface area (Å²) in [5.41, 5.74) is 7.30. The molecule has 2 amide bonds. The van der Waals surface area contributed by atoms with Crippen LogP contribution in [-0.2, 0) is 25.7 Å². The third-order valence-electron chi connectivity index (χ3n) is 5.15. The number of carbonyl (C=O) groups is 2. The first-order valence-corrected chi connectivity index (χ1v) is 10.6. The summed E-state index contributed by atoms with van der Waals surface area (Å²) in [7, 11) is 0. The molecule has 0 bridgehead atoms. The van der Waals surface area contributed by atoms with Crippen LogP contribution < -0.4 is 16.4 Å². The van der Waals surface area contributed by atoms with Crippen molar-refractivity contribution in [2.75, 3.05) is 18.5 Å². The molecule has 0 spiro atoms. The summed E-state index contributed by atoms with van der Waals surface area (Å²) >= 11 is 0. The van der Waals surface area contributed by atoms with Gasteiger partial charge in [-0.05, 0) is 36.6 Å². The van der Waals surface area contributed by atoms with Crippen molar-refractivity contribution >= 4 is 17.5 Å². The van der Waals surface area contributed by atoms with E-state index in [4.69, 9.17) is 15.2 Å². The van der Waals surface area contributed by atoms with Crippen LogP contribution in [0.5, 0.6) is 0 Å². The second-order valence-corrected chi connectivity index (χ2v) is 7.65. The van der Waals surface area contributed by atoms with E-state index in [0.29, 0.717) is 18.7 Å².